The van der Waals surface area contributed by atoms with Crippen LogP contribution in [0.4, 0.5) is 11.7 Å². The zero-order valence-electron chi connectivity index (χ0n) is 23.7. The summed E-state index contributed by atoms with van der Waals surface area (Å²) in [4.78, 5) is 20.2. The Kier molecular flexibility index (Phi) is 6.85. The molecule has 1 aliphatic heterocycles. The molecule has 0 unspecified atom stereocenters. The Labute approximate surface area is 239 Å². The number of aryl methyl sites for hydroxylation is 1. The Morgan fingerprint density at radius 3 is 2.54 bits per heavy atom. The predicted octanol–water partition coefficient (Wildman–Crippen LogP) is 6.92. The van der Waals surface area contributed by atoms with Gasteiger partial charge in [0.15, 0.2) is 11.4 Å². The predicted molar refractivity (Wildman–Crippen MR) is 162 cm³/mol. The lowest BCUT2D eigenvalue weighted by molar-refractivity contribution is 0.0989. The van der Waals surface area contributed by atoms with Gasteiger partial charge in [0, 0.05) is 49.5 Å². The molecule has 0 amide bonds. The molecule has 0 aliphatic carbocycles. The maximum Gasteiger partial charge on any atom is 0.298 e. The van der Waals surface area contributed by atoms with Crippen LogP contribution in [0.2, 0.25) is 0 Å². The van der Waals surface area contributed by atoms with Gasteiger partial charge >= 0.3 is 0 Å². The van der Waals surface area contributed by atoms with Gasteiger partial charge in [0.2, 0.25) is 10.0 Å². The maximum absolute atomic E-state index is 13.3. The minimum Gasteiger partial charge on any atom is -0.455 e. The van der Waals surface area contributed by atoms with Gasteiger partial charge in [-0.05, 0) is 43.5 Å². The van der Waals surface area contributed by atoms with E-state index in [1.165, 1.54) is 10.6 Å². The lowest BCUT2D eigenvalue weighted by atomic mass is 9.88. The standard InChI is InChI=1S/C32H33N3O5S/c1-5-27(36)30-24-17-23(22-9-8-16-35(19-22)32-33-25-10-6-7-11-28(25)40-32)26(34(3)41(4,37)38)18-29(24)39-31(30)21-14-12-20(2)13-15-21/h6-7,10-15,17-18,22H,5,8-9,16,19H2,1-4H3/t22-/m0/s1. The first-order chi connectivity index (χ1) is 19.6. The van der Waals surface area contributed by atoms with E-state index in [1.807, 2.05) is 68.4 Å². The summed E-state index contributed by atoms with van der Waals surface area (Å²) >= 11 is 0. The highest BCUT2D eigenvalue weighted by Gasteiger charge is 2.31. The summed E-state index contributed by atoms with van der Waals surface area (Å²) in [5.41, 5.74) is 5.86. The summed E-state index contributed by atoms with van der Waals surface area (Å²) < 4.78 is 39.3. The molecule has 3 heterocycles. The molecular weight excluding hydrogens is 538 g/mol. The highest BCUT2D eigenvalue weighted by atomic mass is 32.2. The topological polar surface area (TPSA) is 96.9 Å². The second-order valence-corrected chi connectivity index (χ2v) is 12.8. The SMILES string of the molecule is CCC(=O)c1c(-c2ccc(C)cc2)oc2cc(N(C)S(C)(=O)=O)c([C@H]3CCCN(c4nc5ccccc5o4)C3)cc12. The van der Waals surface area contributed by atoms with Crippen molar-refractivity contribution < 1.29 is 22.0 Å². The van der Waals surface area contributed by atoms with Crippen molar-refractivity contribution in [3.63, 3.8) is 0 Å². The molecule has 1 saturated heterocycles. The number of para-hydroxylation sites is 2. The largest absolute Gasteiger partial charge is 0.455 e. The summed E-state index contributed by atoms with van der Waals surface area (Å²) in [5.74, 6) is 0.463. The van der Waals surface area contributed by atoms with Crippen LogP contribution in [-0.4, -0.2) is 45.6 Å². The molecule has 41 heavy (non-hydrogen) atoms. The number of fused-ring (bicyclic) bond motifs is 2. The monoisotopic (exact) mass is 571 g/mol. The molecular formula is C32H33N3O5S. The molecule has 1 aliphatic rings. The quantitative estimate of drug-likeness (QED) is 0.196. The summed E-state index contributed by atoms with van der Waals surface area (Å²) in [6.45, 7) is 5.23. The molecule has 3 aromatic carbocycles. The molecule has 0 spiro atoms. The van der Waals surface area contributed by atoms with Gasteiger partial charge in [0.25, 0.3) is 6.01 Å². The number of anilines is 2. The number of furan rings is 1. The number of benzene rings is 3. The van der Waals surface area contributed by atoms with Crippen LogP contribution in [0.3, 0.4) is 0 Å². The van der Waals surface area contributed by atoms with E-state index in [9.17, 15) is 13.2 Å². The number of Topliss-reactive ketones (excluding diaryl/α,β-unsaturated/α-hetero) is 1. The van der Waals surface area contributed by atoms with Crippen molar-refractivity contribution in [3.05, 3.63) is 77.4 Å². The molecule has 0 radical (unpaired) electrons. The van der Waals surface area contributed by atoms with Gasteiger partial charge in [-0.3, -0.25) is 9.10 Å². The average Bonchev–Trinajstić information content (AvgIpc) is 3.57. The van der Waals surface area contributed by atoms with Gasteiger partial charge in [-0.15, -0.1) is 0 Å². The molecule has 2 aromatic heterocycles. The van der Waals surface area contributed by atoms with Gasteiger partial charge in [-0.1, -0.05) is 48.9 Å². The number of rotatable bonds is 7. The number of oxazole rings is 1. The van der Waals surface area contributed by atoms with Crippen LogP contribution in [-0.2, 0) is 10.0 Å². The molecule has 212 valence electrons. The van der Waals surface area contributed by atoms with Gasteiger partial charge < -0.3 is 13.7 Å². The molecule has 0 bridgehead atoms. The molecule has 1 fully saturated rings. The van der Waals surface area contributed by atoms with Gasteiger partial charge in [-0.2, -0.15) is 4.98 Å². The highest BCUT2D eigenvalue weighted by Crippen LogP contribution is 2.42. The molecule has 1 atom stereocenters. The van der Waals surface area contributed by atoms with Gasteiger partial charge in [0.1, 0.15) is 16.9 Å². The highest BCUT2D eigenvalue weighted by molar-refractivity contribution is 7.92. The normalized spacial score (nSPS) is 16.0. The van der Waals surface area contributed by atoms with Crippen LogP contribution in [0.5, 0.6) is 0 Å². The van der Waals surface area contributed by atoms with Gasteiger partial charge in [-0.25, -0.2) is 8.42 Å². The van der Waals surface area contributed by atoms with Crippen LogP contribution in [0.1, 0.15) is 53.6 Å². The number of hydrogen-bond acceptors (Lipinski definition) is 7. The van der Waals surface area contributed by atoms with Crippen LogP contribution < -0.4 is 9.21 Å². The third kappa shape index (κ3) is 4.99. The number of ketones is 1. The van der Waals surface area contributed by atoms with Crippen LogP contribution in [0.15, 0.2) is 69.5 Å². The van der Waals surface area contributed by atoms with Gasteiger partial charge in [0.05, 0.1) is 17.5 Å². The maximum atomic E-state index is 13.3. The van der Waals surface area contributed by atoms with E-state index >= 15 is 0 Å². The Morgan fingerprint density at radius 2 is 1.83 bits per heavy atom. The van der Waals surface area contributed by atoms with E-state index in [0.29, 0.717) is 47.0 Å². The third-order valence-corrected chi connectivity index (χ3v) is 9.19. The number of carbonyl (C=O) groups excluding carboxylic acids is 1. The zero-order chi connectivity index (χ0) is 28.9. The first-order valence-electron chi connectivity index (χ1n) is 13.9. The van der Waals surface area contributed by atoms with Crippen LogP contribution in [0.25, 0.3) is 33.4 Å². The number of piperidine rings is 1. The first kappa shape index (κ1) is 27.1. The second-order valence-electron chi connectivity index (χ2n) is 10.8. The average molecular weight is 572 g/mol. The van der Waals surface area contributed by atoms with Crippen molar-refractivity contribution in [1.82, 2.24) is 4.98 Å². The molecule has 8 nitrogen and oxygen atoms in total. The molecule has 0 N–H and O–H groups in total. The lowest BCUT2D eigenvalue weighted by Crippen LogP contribution is -2.35. The van der Waals surface area contributed by atoms with E-state index < -0.39 is 10.0 Å². The van der Waals surface area contributed by atoms with Crippen molar-refractivity contribution in [2.45, 2.75) is 39.0 Å². The summed E-state index contributed by atoms with van der Waals surface area (Å²) in [5, 5.41) is 0.701. The Bertz CT molecular complexity index is 1840. The summed E-state index contributed by atoms with van der Waals surface area (Å²) in [6.07, 6.45) is 3.25. The minimum atomic E-state index is -3.57. The van der Waals surface area contributed by atoms with Crippen molar-refractivity contribution in [3.8, 4) is 11.3 Å². The van der Waals surface area contributed by atoms with E-state index in [1.54, 1.807) is 13.1 Å². The fourth-order valence-corrected chi connectivity index (χ4v) is 6.20. The van der Waals surface area contributed by atoms with Crippen molar-refractivity contribution in [1.29, 1.82) is 0 Å². The van der Waals surface area contributed by atoms with Crippen molar-refractivity contribution in [2.24, 2.45) is 0 Å². The van der Waals surface area contributed by atoms with Crippen molar-refractivity contribution in [2.75, 3.05) is 35.6 Å². The Morgan fingerprint density at radius 1 is 1.07 bits per heavy atom. The number of nitrogens with zero attached hydrogens (tertiary/aromatic N) is 3. The molecule has 5 aromatic rings. The third-order valence-electron chi connectivity index (χ3n) is 8.00. The van der Waals surface area contributed by atoms with Crippen LogP contribution in [0, 0.1) is 6.92 Å². The van der Waals surface area contributed by atoms with E-state index in [0.717, 1.165) is 47.2 Å². The summed E-state index contributed by atoms with van der Waals surface area (Å²) in [6, 6.07) is 19.8. The fourth-order valence-electron chi connectivity index (χ4n) is 5.69. The smallest absolute Gasteiger partial charge is 0.298 e. The summed E-state index contributed by atoms with van der Waals surface area (Å²) in [7, 11) is -2.01. The Balaban J connectivity index is 1.50. The molecule has 9 heteroatoms. The second kappa shape index (κ2) is 10.4. The number of hydrogen-bond donors (Lipinski definition) is 0. The van der Waals surface area contributed by atoms with E-state index in [2.05, 4.69) is 4.90 Å². The number of carbonyl (C=O) groups is 1. The van der Waals surface area contributed by atoms with Crippen molar-refractivity contribution >= 4 is 49.6 Å². The zero-order valence-corrected chi connectivity index (χ0v) is 24.5. The number of sulfonamides is 1. The fraction of sp³-hybridized carbons (Fsp3) is 0.312. The first-order valence-corrected chi connectivity index (χ1v) is 15.7. The lowest BCUT2D eigenvalue weighted by Gasteiger charge is -2.34. The van der Waals surface area contributed by atoms with E-state index in [-0.39, 0.29) is 11.7 Å². The molecule has 0 saturated carbocycles. The van der Waals surface area contributed by atoms with Crippen LogP contribution >= 0.6 is 0 Å². The molecule has 6 rings (SSSR count). The minimum absolute atomic E-state index is 0.0220. The Hall–Kier alpha value is -4.11. The number of aromatic nitrogens is 1. The van der Waals surface area contributed by atoms with E-state index in [4.69, 9.17) is 13.8 Å².